The Kier molecular flexibility index (Phi) is 4.46. The van der Waals surface area contributed by atoms with Crippen LogP contribution in [0, 0.1) is 27.6 Å². The lowest BCUT2D eigenvalue weighted by Gasteiger charge is -2.12. The Labute approximate surface area is 167 Å². The highest BCUT2D eigenvalue weighted by molar-refractivity contribution is 7.22. The molecule has 13 heteroatoms. The second-order valence-electron chi connectivity index (χ2n) is 6.08. The summed E-state index contributed by atoms with van der Waals surface area (Å²) in [7, 11) is 0. The fourth-order valence-electron chi connectivity index (χ4n) is 2.87. The van der Waals surface area contributed by atoms with Crippen LogP contribution < -0.4 is 5.32 Å². The molecule has 0 fully saturated rings. The molecule has 0 unspecified atom stereocenters. The minimum Gasteiger partial charge on any atom is -0.300 e. The van der Waals surface area contributed by atoms with Crippen molar-refractivity contribution in [1.29, 1.82) is 0 Å². The number of nitro groups is 1. The molecule has 1 aromatic heterocycles. The minimum atomic E-state index is -1.70. The van der Waals surface area contributed by atoms with Gasteiger partial charge < -0.3 is 5.32 Å². The average molecular weight is 436 g/mol. The van der Waals surface area contributed by atoms with Gasteiger partial charge in [0.2, 0.25) is 5.91 Å². The Balaban J connectivity index is 1.54. The van der Waals surface area contributed by atoms with Crippen molar-refractivity contribution < 1.29 is 32.5 Å². The van der Waals surface area contributed by atoms with Crippen LogP contribution >= 0.6 is 11.3 Å². The molecule has 0 bridgehead atoms. The summed E-state index contributed by atoms with van der Waals surface area (Å²) < 4.78 is 40.3. The van der Waals surface area contributed by atoms with Crippen LogP contribution in [0.4, 0.5) is 24.0 Å². The van der Waals surface area contributed by atoms with Gasteiger partial charge in [0, 0.05) is 12.1 Å². The number of rotatable bonds is 4. The number of benzene rings is 2. The number of carbonyl (C=O) groups is 3. The number of nitro benzene ring substituents is 1. The third-order valence-corrected chi connectivity index (χ3v) is 5.15. The van der Waals surface area contributed by atoms with Crippen molar-refractivity contribution in [2.45, 2.75) is 0 Å². The van der Waals surface area contributed by atoms with E-state index in [0.29, 0.717) is 16.2 Å². The smallest absolute Gasteiger partial charge is 0.270 e. The molecule has 3 aromatic rings. The number of aromatic nitrogens is 1. The SMILES string of the molecule is O=C(CN1C(=O)c2ccc([N+](=O)[O-])cc2C1=O)Nc1nc2c(F)c(F)c(F)cc2s1. The molecule has 152 valence electrons. The lowest BCUT2D eigenvalue weighted by molar-refractivity contribution is -0.384. The first-order valence-corrected chi connectivity index (χ1v) is 8.87. The Morgan fingerprint density at radius 2 is 1.83 bits per heavy atom. The van der Waals surface area contributed by atoms with Crippen LogP contribution in [0.1, 0.15) is 20.7 Å². The van der Waals surface area contributed by atoms with E-state index >= 15 is 0 Å². The average Bonchev–Trinajstić information content (AvgIpc) is 3.20. The van der Waals surface area contributed by atoms with Gasteiger partial charge in [-0.1, -0.05) is 11.3 Å². The first-order chi connectivity index (χ1) is 14.2. The molecule has 1 aliphatic heterocycles. The summed E-state index contributed by atoms with van der Waals surface area (Å²) in [6, 6.07) is 3.83. The van der Waals surface area contributed by atoms with Gasteiger partial charge in [-0.2, -0.15) is 0 Å². The molecule has 1 N–H and O–H groups in total. The maximum absolute atomic E-state index is 13.8. The summed E-state index contributed by atoms with van der Waals surface area (Å²) in [5, 5.41) is 12.9. The number of amides is 3. The van der Waals surface area contributed by atoms with Gasteiger partial charge >= 0.3 is 0 Å². The Bertz CT molecular complexity index is 1290. The molecule has 9 nitrogen and oxygen atoms in total. The highest BCUT2D eigenvalue weighted by Crippen LogP contribution is 2.31. The van der Waals surface area contributed by atoms with Crippen LogP contribution in [0.2, 0.25) is 0 Å². The zero-order valence-corrected chi connectivity index (χ0v) is 15.3. The Hall–Kier alpha value is -3.87. The van der Waals surface area contributed by atoms with E-state index in [-0.39, 0.29) is 21.0 Å². The maximum Gasteiger partial charge on any atom is 0.270 e. The molecule has 3 amide bonds. The standard InChI is InChI=1S/C17H7F3N4O5S/c18-9-4-10-14(13(20)12(9)19)22-17(30-10)21-11(25)5-23-15(26)7-2-1-6(24(28)29)3-8(7)16(23)27/h1-4H,5H2,(H,21,22,25). The van der Waals surface area contributed by atoms with E-state index in [0.717, 1.165) is 24.3 Å². The van der Waals surface area contributed by atoms with E-state index in [1.165, 1.54) is 0 Å². The molecule has 0 spiro atoms. The Morgan fingerprint density at radius 3 is 2.53 bits per heavy atom. The van der Waals surface area contributed by atoms with E-state index in [1.54, 1.807) is 0 Å². The normalized spacial score (nSPS) is 13.1. The molecule has 1 aliphatic rings. The van der Waals surface area contributed by atoms with Crippen molar-refractivity contribution >= 4 is 50.1 Å². The number of fused-ring (bicyclic) bond motifs is 2. The van der Waals surface area contributed by atoms with Crippen LogP contribution in [0.3, 0.4) is 0 Å². The van der Waals surface area contributed by atoms with E-state index in [4.69, 9.17) is 0 Å². The van der Waals surface area contributed by atoms with Crippen molar-refractivity contribution in [1.82, 2.24) is 9.88 Å². The fourth-order valence-corrected chi connectivity index (χ4v) is 3.77. The number of hydrogen-bond donors (Lipinski definition) is 1. The number of nitrogens with one attached hydrogen (secondary N) is 1. The first-order valence-electron chi connectivity index (χ1n) is 8.06. The van der Waals surface area contributed by atoms with Crippen LogP contribution in [0.15, 0.2) is 24.3 Å². The number of non-ortho nitro benzene ring substituents is 1. The summed E-state index contributed by atoms with van der Waals surface area (Å²) >= 11 is 0.662. The van der Waals surface area contributed by atoms with Gasteiger partial charge in [0.05, 0.1) is 20.8 Å². The highest BCUT2D eigenvalue weighted by atomic mass is 32.1. The third kappa shape index (κ3) is 3.04. The topological polar surface area (TPSA) is 123 Å². The van der Waals surface area contributed by atoms with Crippen molar-refractivity contribution in [2.75, 3.05) is 11.9 Å². The molecule has 30 heavy (non-hydrogen) atoms. The summed E-state index contributed by atoms with van der Waals surface area (Å²) in [6.45, 7) is -0.749. The van der Waals surface area contributed by atoms with Gasteiger partial charge in [0.15, 0.2) is 22.6 Å². The second-order valence-corrected chi connectivity index (χ2v) is 7.11. The molecular weight excluding hydrogens is 429 g/mol. The third-order valence-electron chi connectivity index (χ3n) is 4.23. The number of imide groups is 1. The van der Waals surface area contributed by atoms with Crippen LogP contribution in [-0.2, 0) is 4.79 Å². The largest absolute Gasteiger partial charge is 0.300 e. The number of hydrogen-bond acceptors (Lipinski definition) is 7. The molecule has 0 saturated heterocycles. The monoisotopic (exact) mass is 436 g/mol. The predicted molar refractivity (Wildman–Crippen MR) is 96.6 cm³/mol. The highest BCUT2D eigenvalue weighted by Gasteiger charge is 2.38. The van der Waals surface area contributed by atoms with Gasteiger partial charge in [-0.25, -0.2) is 18.2 Å². The van der Waals surface area contributed by atoms with Crippen molar-refractivity contribution in [2.24, 2.45) is 0 Å². The molecule has 4 rings (SSSR count). The van der Waals surface area contributed by atoms with Crippen LogP contribution in [0.5, 0.6) is 0 Å². The quantitative estimate of drug-likeness (QED) is 0.290. The molecule has 0 saturated carbocycles. The van der Waals surface area contributed by atoms with Gasteiger partial charge in [-0.15, -0.1) is 0 Å². The first kappa shape index (κ1) is 19.4. The maximum atomic E-state index is 13.8. The zero-order valence-electron chi connectivity index (χ0n) is 14.4. The Morgan fingerprint density at radius 1 is 1.13 bits per heavy atom. The zero-order chi connectivity index (χ0) is 21.7. The lowest BCUT2D eigenvalue weighted by Crippen LogP contribution is -2.37. The molecule has 0 atom stereocenters. The van der Waals surface area contributed by atoms with Gasteiger partial charge in [-0.05, 0) is 12.1 Å². The molecule has 2 heterocycles. The number of carbonyl (C=O) groups excluding carboxylic acids is 3. The van der Waals surface area contributed by atoms with Crippen molar-refractivity contribution in [3.8, 4) is 0 Å². The summed E-state index contributed by atoms with van der Waals surface area (Å²) in [5.41, 5.74) is -1.18. The molecule has 0 radical (unpaired) electrons. The van der Waals surface area contributed by atoms with Crippen molar-refractivity contribution in [3.63, 3.8) is 0 Å². The lowest BCUT2D eigenvalue weighted by atomic mass is 10.1. The van der Waals surface area contributed by atoms with Gasteiger partial charge in [0.25, 0.3) is 17.5 Å². The number of anilines is 1. The summed E-state index contributed by atoms with van der Waals surface area (Å²) in [6.07, 6.45) is 0. The fraction of sp³-hybridized carbons (Fsp3) is 0.0588. The van der Waals surface area contributed by atoms with Gasteiger partial charge in [-0.3, -0.25) is 29.4 Å². The van der Waals surface area contributed by atoms with Crippen LogP contribution in [0.25, 0.3) is 10.2 Å². The van der Waals surface area contributed by atoms with Crippen LogP contribution in [-0.4, -0.2) is 39.1 Å². The number of halogens is 3. The molecule has 0 aliphatic carbocycles. The van der Waals surface area contributed by atoms with E-state index in [9.17, 15) is 37.7 Å². The number of thiazole rings is 1. The predicted octanol–water partition coefficient (Wildman–Crippen LogP) is 2.86. The minimum absolute atomic E-state index is 0.0604. The van der Waals surface area contributed by atoms with Gasteiger partial charge in [0.1, 0.15) is 12.1 Å². The molecular formula is C17H7F3N4O5S. The molecule has 2 aromatic carbocycles. The van der Waals surface area contributed by atoms with E-state index in [1.807, 2.05) is 0 Å². The van der Waals surface area contributed by atoms with E-state index in [2.05, 4.69) is 10.3 Å². The summed E-state index contributed by atoms with van der Waals surface area (Å²) in [4.78, 5) is 51.3. The summed E-state index contributed by atoms with van der Waals surface area (Å²) in [5.74, 6) is -7.23. The van der Waals surface area contributed by atoms with Crippen molar-refractivity contribution in [3.05, 3.63) is 63.0 Å². The second kappa shape index (κ2) is 6.88. The van der Waals surface area contributed by atoms with E-state index < -0.39 is 57.8 Å². The number of nitrogens with zero attached hydrogens (tertiary/aromatic N) is 3.